The first-order valence-corrected chi connectivity index (χ1v) is 9.51. The number of halogens is 1. The maximum absolute atomic E-state index is 12.2. The average molecular weight is 425 g/mol. The maximum Gasteiger partial charge on any atom is 0.279 e. The van der Waals surface area contributed by atoms with Crippen molar-refractivity contribution in [3.8, 4) is 5.75 Å². The highest BCUT2D eigenvalue weighted by molar-refractivity contribution is 9.11. The van der Waals surface area contributed by atoms with E-state index in [0.717, 1.165) is 14.9 Å². The van der Waals surface area contributed by atoms with Gasteiger partial charge in [0.25, 0.3) is 11.8 Å². The molecule has 2 rings (SSSR count). The summed E-state index contributed by atoms with van der Waals surface area (Å²) in [5, 5.41) is 0. The van der Waals surface area contributed by atoms with Gasteiger partial charge in [-0.05, 0) is 65.0 Å². The lowest BCUT2D eigenvalue weighted by Gasteiger charge is -2.19. The van der Waals surface area contributed by atoms with Gasteiger partial charge in [0.15, 0.2) is 6.10 Å². The molecule has 0 aliphatic heterocycles. The molecule has 2 amide bonds. The molecule has 0 saturated carbocycles. The minimum Gasteiger partial charge on any atom is -0.481 e. The molecule has 1 heterocycles. The lowest BCUT2D eigenvalue weighted by atomic mass is 10.0. The summed E-state index contributed by atoms with van der Waals surface area (Å²) in [5.74, 6) is 0.184. The van der Waals surface area contributed by atoms with Crippen LogP contribution in [-0.4, -0.2) is 17.9 Å². The highest BCUT2D eigenvalue weighted by atomic mass is 79.9. The normalized spacial score (nSPS) is 11.9. The molecule has 0 aliphatic carbocycles. The van der Waals surface area contributed by atoms with E-state index >= 15 is 0 Å². The SMILES string of the molecule is Cc1ccc(C(C)C)c(OC(C)C(=O)NNC(=O)c2ccc(Br)s2)c1. The number of thiophene rings is 1. The summed E-state index contributed by atoms with van der Waals surface area (Å²) < 4.78 is 6.67. The van der Waals surface area contributed by atoms with Gasteiger partial charge in [-0.3, -0.25) is 20.4 Å². The first-order chi connectivity index (χ1) is 11.8. The molecule has 1 aromatic carbocycles. The first kappa shape index (κ1) is 19.5. The number of hydrazine groups is 1. The lowest BCUT2D eigenvalue weighted by Crippen LogP contribution is -2.47. The van der Waals surface area contributed by atoms with E-state index in [9.17, 15) is 9.59 Å². The second-order valence-corrected chi connectivity index (χ2v) is 8.47. The van der Waals surface area contributed by atoms with E-state index in [-0.39, 0.29) is 11.8 Å². The van der Waals surface area contributed by atoms with Crippen molar-refractivity contribution in [1.82, 2.24) is 10.9 Å². The van der Waals surface area contributed by atoms with Gasteiger partial charge in [-0.2, -0.15) is 0 Å². The fraction of sp³-hybridized carbons (Fsp3) is 0.333. The predicted octanol–water partition coefficient (Wildman–Crippen LogP) is 4.17. The van der Waals surface area contributed by atoms with Gasteiger partial charge < -0.3 is 4.74 Å². The van der Waals surface area contributed by atoms with Gasteiger partial charge in [0.05, 0.1) is 8.66 Å². The number of hydrogen-bond acceptors (Lipinski definition) is 4. The third-order valence-corrected chi connectivity index (χ3v) is 5.18. The van der Waals surface area contributed by atoms with E-state index < -0.39 is 12.0 Å². The highest BCUT2D eigenvalue weighted by Crippen LogP contribution is 2.28. The molecule has 1 unspecified atom stereocenters. The van der Waals surface area contributed by atoms with Crippen molar-refractivity contribution in [2.45, 2.75) is 39.7 Å². The Balaban J connectivity index is 1.96. The van der Waals surface area contributed by atoms with Crippen LogP contribution >= 0.6 is 27.3 Å². The third kappa shape index (κ3) is 5.31. The Morgan fingerprint density at radius 1 is 1.12 bits per heavy atom. The van der Waals surface area contributed by atoms with E-state index in [4.69, 9.17) is 4.74 Å². The summed E-state index contributed by atoms with van der Waals surface area (Å²) in [7, 11) is 0. The Hall–Kier alpha value is -1.86. The van der Waals surface area contributed by atoms with Gasteiger partial charge in [0, 0.05) is 0 Å². The van der Waals surface area contributed by atoms with Crippen LogP contribution in [0.3, 0.4) is 0 Å². The molecule has 5 nitrogen and oxygen atoms in total. The van der Waals surface area contributed by atoms with Crippen LogP contribution in [0, 0.1) is 6.92 Å². The Bertz CT molecular complexity index is 773. The van der Waals surface area contributed by atoms with Crippen molar-refractivity contribution < 1.29 is 14.3 Å². The van der Waals surface area contributed by atoms with Crippen LogP contribution in [0.1, 0.15) is 47.5 Å². The molecule has 0 saturated heterocycles. The van der Waals surface area contributed by atoms with Gasteiger partial charge in [-0.15, -0.1) is 11.3 Å². The summed E-state index contributed by atoms with van der Waals surface area (Å²) in [6, 6.07) is 9.40. The molecule has 0 bridgehead atoms. The first-order valence-electron chi connectivity index (χ1n) is 7.90. The number of nitrogens with one attached hydrogen (secondary N) is 2. The molecule has 0 radical (unpaired) electrons. The summed E-state index contributed by atoms with van der Waals surface area (Å²) >= 11 is 4.58. The second-order valence-electron chi connectivity index (χ2n) is 6.00. The fourth-order valence-corrected chi connectivity index (χ4v) is 3.46. The zero-order chi connectivity index (χ0) is 18.6. The molecule has 2 N–H and O–H groups in total. The molecule has 0 spiro atoms. The summed E-state index contributed by atoms with van der Waals surface area (Å²) in [6.07, 6.45) is -0.741. The molecule has 134 valence electrons. The van der Waals surface area contributed by atoms with Crippen LogP contribution in [0.25, 0.3) is 0 Å². The van der Waals surface area contributed by atoms with Crippen LogP contribution in [0.2, 0.25) is 0 Å². The summed E-state index contributed by atoms with van der Waals surface area (Å²) in [4.78, 5) is 24.7. The van der Waals surface area contributed by atoms with E-state index in [2.05, 4.69) is 40.6 Å². The molecular weight excluding hydrogens is 404 g/mol. The molecular formula is C18H21BrN2O3S. The summed E-state index contributed by atoms with van der Waals surface area (Å²) in [6.45, 7) is 7.76. The molecule has 2 aromatic rings. The van der Waals surface area contributed by atoms with Crippen LogP contribution in [0.15, 0.2) is 34.1 Å². The van der Waals surface area contributed by atoms with E-state index in [1.807, 2.05) is 25.1 Å². The third-order valence-electron chi connectivity index (χ3n) is 3.56. The standard InChI is InChI=1S/C18H21BrN2O3S/c1-10(2)13-6-5-11(3)9-14(13)24-12(4)17(22)20-21-18(23)15-7-8-16(19)25-15/h5-10,12H,1-4H3,(H,20,22)(H,21,23). The van der Waals surface area contributed by atoms with E-state index in [1.165, 1.54) is 11.3 Å². The maximum atomic E-state index is 12.2. The number of ether oxygens (including phenoxy) is 1. The average Bonchev–Trinajstić information content (AvgIpc) is 2.98. The predicted molar refractivity (Wildman–Crippen MR) is 103 cm³/mol. The number of aryl methyl sites for hydroxylation is 1. The largest absolute Gasteiger partial charge is 0.481 e. The smallest absolute Gasteiger partial charge is 0.279 e. The Kier molecular flexibility index (Phi) is 6.61. The van der Waals surface area contributed by atoms with E-state index in [1.54, 1.807) is 19.1 Å². The number of carbonyl (C=O) groups is 2. The van der Waals surface area contributed by atoms with Crippen LogP contribution < -0.4 is 15.6 Å². The topological polar surface area (TPSA) is 67.4 Å². The zero-order valence-corrected chi connectivity index (χ0v) is 17.0. The number of rotatable bonds is 5. The summed E-state index contributed by atoms with van der Waals surface area (Å²) in [5.41, 5.74) is 6.90. The Morgan fingerprint density at radius 2 is 1.84 bits per heavy atom. The van der Waals surface area contributed by atoms with Crippen molar-refractivity contribution in [3.05, 3.63) is 50.1 Å². The van der Waals surface area contributed by atoms with Crippen molar-refractivity contribution in [2.75, 3.05) is 0 Å². The number of amides is 2. The Labute approximate surface area is 159 Å². The minimum absolute atomic E-state index is 0.280. The minimum atomic E-state index is -0.741. The Morgan fingerprint density at radius 3 is 2.44 bits per heavy atom. The lowest BCUT2D eigenvalue weighted by molar-refractivity contribution is -0.128. The monoisotopic (exact) mass is 424 g/mol. The van der Waals surface area contributed by atoms with Crippen molar-refractivity contribution >= 4 is 39.1 Å². The van der Waals surface area contributed by atoms with Crippen molar-refractivity contribution in [1.29, 1.82) is 0 Å². The number of carbonyl (C=O) groups excluding carboxylic acids is 2. The quantitative estimate of drug-likeness (QED) is 0.707. The van der Waals surface area contributed by atoms with Crippen molar-refractivity contribution in [2.24, 2.45) is 0 Å². The molecule has 0 aliphatic rings. The van der Waals surface area contributed by atoms with Gasteiger partial charge in [0.1, 0.15) is 5.75 Å². The molecule has 1 aromatic heterocycles. The molecule has 7 heteroatoms. The van der Waals surface area contributed by atoms with Gasteiger partial charge in [0.2, 0.25) is 0 Å². The van der Waals surface area contributed by atoms with Crippen molar-refractivity contribution in [3.63, 3.8) is 0 Å². The van der Waals surface area contributed by atoms with Gasteiger partial charge in [-0.25, -0.2) is 0 Å². The highest BCUT2D eigenvalue weighted by Gasteiger charge is 2.19. The second kappa shape index (κ2) is 8.49. The molecule has 0 fully saturated rings. The van der Waals surface area contributed by atoms with Gasteiger partial charge in [-0.1, -0.05) is 26.0 Å². The van der Waals surface area contributed by atoms with Crippen LogP contribution in [0.5, 0.6) is 5.75 Å². The van der Waals surface area contributed by atoms with Crippen LogP contribution in [0.4, 0.5) is 0 Å². The zero-order valence-electron chi connectivity index (χ0n) is 14.6. The van der Waals surface area contributed by atoms with Crippen LogP contribution in [-0.2, 0) is 4.79 Å². The fourth-order valence-electron chi connectivity index (χ4n) is 2.18. The number of benzene rings is 1. The molecule has 1 atom stereocenters. The molecule has 25 heavy (non-hydrogen) atoms. The number of hydrogen-bond donors (Lipinski definition) is 2. The van der Waals surface area contributed by atoms with Gasteiger partial charge >= 0.3 is 0 Å². The van der Waals surface area contributed by atoms with E-state index in [0.29, 0.717) is 10.6 Å².